The summed E-state index contributed by atoms with van der Waals surface area (Å²) < 4.78 is 5.63. The molecule has 3 N–H and O–H groups in total. The summed E-state index contributed by atoms with van der Waals surface area (Å²) in [6.45, 7) is 5.98. The number of nitrogen functional groups attached to an aromatic ring is 1. The summed E-state index contributed by atoms with van der Waals surface area (Å²) in [4.78, 5) is 0. The Kier molecular flexibility index (Phi) is 2.79. The second-order valence-electron chi connectivity index (χ2n) is 4.15. The molecule has 0 radical (unpaired) electrons. The van der Waals surface area contributed by atoms with Gasteiger partial charge in [0.1, 0.15) is 17.2 Å². The van der Waals surface area contributed by atoms with E-state index in [1.54, 1.807) is 12.1 Å². The van der Waals surface area contributed by atoms with E-state index in [2.05, 4.69) is 0 Å². The zero-order valence-corrected chi connectivity index (χ0v) is 8.79. The molecule has 0 unspecified atom stereocenters. The fourth-order valence-electron chi connectivity index (χ4n) is 1.06. The normalized spacial score (nSPS) is 11.1. The van der Waals surface area contributed by atoms with Gasteiger partial charge in [0.15, 0.2) is 0 Å². The molecule has 0 aromatic heterocycles. The van der Waals surface area contributed by atoms with Gasteiger partial charge in [-0.15, -0.1) is 0 Å². The topological polar surface area (TPSA) is 59.1 Å². The van der Waals surface area contributed by atoms with Gasteiger partial charge in [-0.2, -0.15) is 0 Å². The fourth-order valence-corrected chi connectivity index (χ4v) is 1.06. The molecule has 1 rings (SSSR count). The monoisotopic (exact) mass is 192 g/mol. The molecule has 0 bridgehead atoms. The first-order valence-corrected chi connectivity index (χ1v) is 4.52. The number of hydrogen-bond donors (Lipinski definition) is 2. The van der Waals surface area contributed by atoms with E-state index in [0.29, 0.717) is 5.56 Å². The van der Waals surface area contributed by atoms with Crippen LogP contribution in [0, 0.1) is 5.41 Å². The van der Waals surface area contributed by atoms with Crippen molar-refractivity contribution in [3.8, 4) is 5.75 Å². The molecular weight excluding hydrogens is 176 g/mol. The second kappa shape index (κ2) is 3.70. The molecule has 0 aliphatic rings. The van der Waals surface area contributed by atoms with E-state index in [9.17, 15) is 0 Å². The highest BCUT2D eigenvalue weighted by atomic mass is 16.5. The summed E-state index contributed by atoms with van der Waals surface area (Å²) in [6.07, 6.45) is 0. The number of amidine groups is 1. The van der Waals surface area contributed by atoms with Crippen molar-refractivity contribution < 1.29 is 4.74 Å². The number of ether oxygens (including phenoxy) is 1. The third kappa shape index (κ3) is 3.09. The third-order valence-electron chi connectivity index (χ3n) is 1.59. The van der Waals surface area contributed by atoms with Crippen molar-refractivity contribution in [1.29, 1.82) is 5.41 Å². The number of hydrogen-bond acceptors (Lipinski definition) is 2. The van der Waals surface area contributed by atoms with Gasteiger partial charge in [-0.25, -0.2) is 0 Å². The summed E-state index contributed by atoms with van der Waals surface area (Å²) in [5, 5.41) is 7.22. The zero-order valence-electron chi connectivity index (χ0n) is 8.79. The lowest BCUT2D eigenvalue weighted by atomic mass is 10.1. The van der Waals surface area contributed by atoms with Crippen molar-refractivity contribution in [2.45, 2.75) is 26.4 Å². The number of benzene rings is 1. The number of nitrogens with one attached hydrogen (secondary N) is 1. The fraction of sp³-hybridized carbons (Fsp3) is 0.364. The highest BCUT2D eigenvalue weighted by molar-refractivity contribution is 5.94. The van der Waals surface area contributed by atoms with Crippen molar-refractivity contribution in [3.63, 3.8) is 0 Å². The van der Waals surface area contributed by atoms with Crippen LogP contribution < -0.4 is 10.5 Å². The van der Waals surface area contributed by atoms with Crippen molar-refractivity contribution >= 4 is 5.84 Å². The van der Waals surface area contributed by atoms with Gasteiger partial charge in [0.2, 0.25) is 0 Å². The maximum absolute atomic E-state index is 7.22. The van der Waals surface area contributed by atoms with E-state index in [4.69, 9.17) is 15.9 Å². The van der Waals surface area contributed by atoms with Gasteiger partial charge in [0.25, 0.3) is 0 Å². The van der Waals surface area contributed by atoms with E-state index < -0.39 is 0 Å². The first-order valence-electron chi connectivity index (χ1n) is 4.52. The smallest absolute Gasteiger partial charge is 0.122 e. The van der Waals surface area contributed by atoms with E-state index in [1.165, 1.54) is 0 Å². The quantitative estimate of drug-likeness (QED) is 0.557. The second-order valence-corrected chi connectivity index (χ2v) is 4.15. The van der Waals surface area contributed by atoms with Crippen molar-refractivity contribution in [3.05, 3.63) is 29.8 Å². The molecule has 0 aliphatic carbocycles. The first kappa shape index (κ1) is 10.6. The predicted octanol–water partition coefficient (Wildman–Crippen LogP) is 2.15. The van der Waals surface area contributed by atoms with Crippen molar-refractivity contribution in [2.24, 2.45) is 5.73 Å². The van der Waals surface area contributed by atoms with Crippen LogP contribution in [0.5, 0.6) is 5.75 Å². The maximum atomic E-state index is 7.22. The van der Waals surface area contributed by atoms with Crippen LogP contribution in [0.25, 0.3) is 0 Å². The highest BCUT2D eigenvalue weighted by Crippen LogP contribution is 2.18. The average molecular weight is 192 g/mol. The Bertz CT molecular complexity index is 322. The summed E-state index contributed by atoms with van der Waals surface area (Å²) in [5.74, 6) is 0.870. The molecule has 76 valence electrons. The zero-order chi connectivity index (χ0) is 10.8. The number of nitrogens with two attached hydrogens (primary N) is 1. The molecule has 0 aliphatic heterocycles. The molecule has 0 amide bonds. The lowest BCUT2D eigenvalue weighted by Gasteiger charge is -2.21. The van der Waals surface area contributed by atoms with E-state index >= 15 is 0 Å². The SMILES string of the molecule is CC(C)(C)Oc1ccc(C(=N)N)cc1. The average Bonchev–Trinajstić information content (AvgIpc) is 2.02. The van der Waals surface area contributed by atoms with Gasteiger partial charge in [-0.05, 0) is 45.0 Å². The van der Waals surface area contributed by atoms with E-state index in [0.717, 1.165) is 5.75 Å². The standard InChI is InChI=1S/C11H16N2O/c1-11(2,3)14-9-6-4-8(5-7-9)10(12)13/h4-7H,1-3H3,(H3,12,13). The first-order chi connectivity index (χ1) is 6.38. The molecule has 14 heavy (non-hydrogen) atoms. The summed E-state index contributed by atoms with van der Waals surface area (Å²) in [6, 6.07) is 7.21. The minimum absolute atomic E-state index is 0.0762. The van der Waals surface area contributed by atoms with Crippen molar-refractivity contribution in [1.82, 2.24) is 0 Å². The minimum Gasteiger partial charge on any atom is -0.488 e. The maximum Gasteiger partial charge on any atom is 0.122 e. The van der Waals surface area contributed by atoms with E-state index in [1.807, 2.05) is 32.9 Å². The van der Waals surface area contributed by atoms with Gasteiger partial charge in [0, 0.05) is 5.56 Å². The Balaban J connectivity index is 2.79. The van der Waals surface area contributed by atoms with Crippen LogP contribution >= 0.6 is 0 Å². The van der Waals surface area contributed by atoms with Crippen LogP contribution in [0.15, 0.2) is 24.3 Å². The molecule has 3 nitrogen and oxygen atoms in total. The Morgan fingerprint density at radius 2 is 1.71 bits per heavy atom. The molecule has 0 spiro atoms. The largest absolute Gasteiger partial charge is 0.488 e. The molecular formula is C11H16N2O. The minimum atomic E-state index is -0.197. The van der Waals surface area contributed by atoms with Crippen molar-refractivity contribution in [2.75, 3.05) is 0 Å². The van der Waals surface area contributed by atoms with Crippen LogP contribution in [-0.2, 0) is 0 Å². The molecule has 0 atom stereocenters. The molecule has 0 saturated carbocycles. The Hall–Kier alpha value is -1.51. The Morgan fingerprint density at radius 3 is 2.07 bits per heavy atom. The van der Waals surface area contributed by atoms with Crippen LogP contribution in [0.2, 0.25) is 0 Å². The summed E-state index contributed by atoms with van der Waals surface area (Å²) in [5.41, 5.74) is 5.85. The van der Waals surface area contributed by atoms with Gasteiger partial charge in [-0.3, -0.25) is 5.41 Å². The van der Waals surface area contributed by atoms with Crippen LogP contribution in [0.1, 0.15) is 26.3 Å². The predicted molar refractivity (Wildman–Crippen MR) is 57.8 cm³/mol. The van der Waals surface area contributed by atoms with Crippen LogP contribution in [-0.4, -0.2) is 11.4 Å². The highest BCUT2D eigenvalue weighted by Gasteiger charge is 2.11. The van der Waals surface area contributed by atoms with Gasteiger partial charge in [-0.1, -0.05) is 0 Å². The molecule has 1 aromatic carbocycles. The Labute approximate surface area is 84.4 Å². The lowest BCUT2D eigenvalue weighted by Crippen LogP contribution is -2.23. The molecule has 0 saturated heterocycles. The summed E-state index contributed by atoms with van der Waals surface area (Å²) in [7, 11) is 0. The van der Waals surface area contributed by atoms with E-state index in [-0.39, 0.29) is 11.4 Å². The van der Waals surface area contributed by atoms with Gasteiger partial charge < -0.3 is 10.5 Å². The lowest BCUT2D eigenvalue weighted by molar-refractivity contribution is 0.131. The molecule has 0 fully saturated rings. The van der Waals surface area contributed by atoms with Gasteiger partial charge >= 0.3 is 0 Å². The Morgan fingerprint density at radius 1 is 1.21 bits per heavy atom. The molecule has 3 heteroatoms. The number of rotatable bonds is 2. The molecule has 0 heterocycles. The van der Waals surface area contributed by atoms with Gasteiger partial charge in [0.05, 0.1) is 0 Å². The summed E-state index contributed by atoms with van der Waals surface area (Å²) >= 11 is 0. The van der Waals surface area contributed by atoms with Crippen LogP contribution in [0.3, 0.4) is 0 Å². The third-order valence-corrected chi connectivity index (χ3v) is 1.59. The molecule has 1 aromatic rings. The van der Waals surface area contributed by atoms with Crippen LogP contribution in [0.4, 0.5) is 0 Å².